The predicted molar refractivity (Wildman–Crippen MR) is 91.1 cm³/mol. The molecule has 2 aromatic rings. The molecule has 0 saturated heterocycles. The maximum absolute atomic E-state index is 13.9. The first kappa shape index (κ1) is 18.5. The van der Waals surface area contributed by atoms with E-state index in [1.54, 1.807) is 13.8 Å². The van der Waals surface area contributed by atoms with Gasteiger partial charge in [-0.15, -0.1) is 0 Å². The van der Waals surface area contributed by atoms with Crippen molar-refractivity contribution in [1.29, 1.82) is 0 Å². The van der Waals surface area contributed by atoms with E-state index >= 15 is 0 Å². The van der Waals surface area contributed by atoms with Crippen LogP contribution < -0.4 is 4.72 Å². The van der Waals surface area contributed by atoms with E-state index in [9.17, 15) is 17.6 Å². The molecular formula is C15H16BrFN2O4S. The van der Waals surface area contributed by atoms with E-state index in [1.807, 2.05) is 0 Å². The fourth-order valence-electron chi connectivity index (χ4n) is 2.31. The molecule has 0 spiro atoms. The van der Waals surface area contributed by atoms with E-state index in [2.05, 4.69) is 25.6 Å². The van der Waals surface area contributed by atoms with Gasteiger partial charge in [0.1, 0.15) is 16.3 Å². The second-order valence-corrected chi connectivity index (χ2v) is 7.56. The number of hydrogen-bond donors (Lipinski definition) is 2. The summed E-state index contributed by atoms with van der Waals surface area (Å²) in [5.74, 6) is -1.49. The number of carbonyl (C=O) groups is 1. The summed E-state index contributed by atoms with van der Waals surface area (Å²) in [6.45, 7) is 4.81. The van der Waals surface area contributed by atoms with E-state index in [-0.39, 0.29) is 28.4 Å². The summed E-state index contributed by atoms with van der Waals surface area (Å²) in [5, 5.41) is 0. The number of esters is 1. The number of ether oxygens (including phenoxy) is 1. The van der Waals surface area contributed by atoms with Gasteiger partial charge in [0.05, 0.1) is 12.3 Å². The highest BCUT2D eigenvalue weighted by molar-refractivity contribution is 9.10. The van der Waals surface area contributed by atoms with Crippen LogP contribution in [0.1, 0.15) is 28.7 Å². The Labute approximate surface area is 147 Å². The van der Waals surface area contributed by atoms with Crippen LogP contribution in [0.25, 0.3) is 0 Å². The Kier molecular flexibility index (Phi) is 5.34. The zero-order chi connectivity index (χ0) is 18.1. The number of halogens is 2. The van der Waals surface area contributed by atoms with E-state index in [1.165, 1.54) is 19.1 Å². The molecule has 130 valence electrons. The van der Waals surface area contributed by atoms with Crippen molar-refractivity contribution >= 4 is 37.6 Å². The molecule has 1 heterocycles. The maximum Gasteiger partial charge on any atom is 0.341 e. The summed E-state index contributed by atoms with van der Waals surface area (Å²) in [5.41, 5.74) is 0.328. The summed E-state index contributed by atoms with van der Waals surface area (Å²) in [4.78, 5) is 14.7. The fraction of sp³-hybridized carbons (Fsp3) is 0.267. The first-order valence-electron chi connectivity index (χ1n) is 7.01. The van der Waals surface area contributed by atoms with Gasteiger partial charge >= 0.3 is 5.97 Å². The molecule has 0 aliphatic carbocycles. The number of rotatable bonds is 5. The summed E-state index contributed by atoms with van der Waals surface area (Å²) in [7, 11) is -4.19. The van der Waals surface area contributed by atoms with Crippen molar-refractivity contribution in [2.75, 3.05) is 11.3 Å². The molecule has 0 bridgehead atoms. The number of anilines is 1. The third-order valence-electron chi connectivity index (χ3n) is 3.24. The lowest BCUT2D eigenvalue weighted by Gasteiger charge is -2.11. The lowest BCUT2D eigenvalue weighted by molar-refractivity contribution is 0.0521. The topological polar surface area (TPSA) is 88.3 Å². The number of aromatic nitrogens is 1. The largest absolute Gasteiger partial charge is 0.462 e. The van der Waals surface area contributed by atoms with Crippen LogP contribution in [-0.2, 0) is 14.8 Å². The number of carbonyl (C=O) groups excluding carboxylic acids is 1. The molecular weight excluding hydrogens is 403 g/mol. The van der Waals surface area contributed by atoms with Gasteiger partial charge in [0.25, 0.3) is 10.0 Å². The molecule has 1 aromatic carbocycles. The highest BCUT2D eigenvalue weighted by Crippen LogP contribution is 2.28. The molecule has 1 aromatic heterocycles. The standard InChI is InChI=1S/C15H16BrFN2O4S/c1-4-23-15(20)13-8(2)18-9(3)14(13)24(21,22)19-12-6-5-10(16)7-11(12)17/h5-7,18-19H,4H2,1-3H3. The first-order chi connectivity index (χ1) is 11.2. The second kappa shape index (κ2) is 6.94. The summed E-state index contributed by atoms with van der Waals surface area (Å²) >= 11 is 3.10. The Bertz CT molecular complexity index is 893. The van der Waals surface area contributed by atoms with Crippen molar-refractivity contribution in [1.82, 2.24) is 4.98 Å². The summed E-state index contributed by atoms with van der Waals surface area (Å²) in [6.07, 6.45) is 0. The van der Waals surface area contributed by atoms with Crippen LogP contribution in [0.3, 0.4) is 0 Å². The van der Waals surface area contributed by atoms with Gasteiger partial charge in [0.2, 0.25) is 0 Å². The number of H-pyrrole nitrogens is 1. The molecule has 0 aliphatic heterocycles. The van der Waals surface area contributed by atoms with Crippen LogP contribution in [-0.4, -0.2) is 26.0 Å². The lowest BCUT2D eigenvalue weighted by atomic mass is 10.2. The third kappa shape index (κ3) is 3.62. The smallest absolute Gasteiger partial charge is 0.341 e. The monoisotopic (exact) mass is 418 g/mol. The SMILES string of the molecule is CCOC(=O)c1c(C)[nH]c(C)c1S(=O)(=O)Nc1ccc(Br)cc1F. The Morgan fingerprint density at radius 1 is 1.33 bits per heavy atom. The fourth-order valence-corrected chi connectivity index (χ4v) is 4.16. The normalized spacial score (nSPS) is 11.4. The average molecular weight is 419 g/mol. The van der Waals surface area contributed by atoms with Crippen molar-refractivity contribution in [3.63, 3.8) is 0 Å². The van der Waals surface area contributed by atoms with E-state index in [0.717, 1.165) is 6.07 Å². The third-order valence-corrected chi connectivity index (χ3v) is 5.27. The number of aromatic amines is 1. The quantitative estimate of drug-likeness (QED) is 0.727. The van der Waals surface area contributed by atoms with Crippen molar-refractivity contribution in [2.24, 2.45) is 0 Å². The highest BCUT2D eigenvalue weighted by Gasteiger charge is 2.30. The van der Waals surface area contributed by atoms with E-state index < -0.39 is 21.8 Å². The second-order valence-electron chi connectivity index (χ2n) is 5.03. The molecule has 0 fully saturated rings. The number of sulfonamides is 1. The number of aryl methyl sites for hydroxylation is 2. The van der Waals surface area contributed by atoms with Crippen molar-refractivity contribution in [3.05, 3.63) is 45.4 Å². The summed E-state index contributed by atoms with van der Waals surface area (Å²) in [6, 6.07) is 3.93. The Morgan fingerprint density at radius 2 is 2.00 bits per heavy atom. The predicted octanol–water partition coefficient (Wildman–Crippen LogP) is 3.51. The Hall–Kier alpha value is -1.87. The molecule has 2 N–H and O–H groups in total. The molecule has 0 saturated carbocycles. The highest BCUT2D eigenvalue weighted by atomic mass is 79.9. The van der Waals surface area contributed by atoms with Crippen molar-refractivity contribution in [2.45, 2.75) is 25.7 Å². The van der Waals surface area contributed by atoms with Crippen LogP contribution in [0.4, 0.5) is 10.1 Å². The van der Waals surface area contributed by atoms with Gasteiger partial charge in [-0.3, -0.25) is 4.72 Å². The molecule has 0 atom stereocenters. The number of hydrogen-bond acceptors (Lipinski definition) is 4. The van der Waals surface area contributed by atoms with Gasteiger partial charge in [-0.05, 0) is 39.0 Å². The molecule has 0 unspecified atom stereocenters. The minimum absolute atomic E-state index is 0.0839. The minimum Gasteiger partial charge on any atom is -0.462 e. The van der Waals surface area contributed by atoms with E-state index in [0.29, 0.717) is 10.2 Å². The number of benzene rings is 1. The minimum atomic E-state index is -4.19. The molecule has 2 rings (SSSR count). The van der Waals surface area contributed by atoms with E-state index in [4.69, 9.17) is 4.74 Å². The average Bonchev–Trinajstić information content (AvgIpc) is 2.77. The Balaban J connectivity index is 2.51. The van der Waals surface area contributed by atoms with Gasteiger partial charge in [0, 0.05) is 15.9 Å². The van der Waals surface area contributed by atoms with Crippen LogP contribution >= 0.6 is 15.9 Å². The van der Waals surface area contributed by atoms with Gasteiger partial charge < -0.3 is 9.72 Å². The zero-order valence-electron chi connectivity index (χ0n) is 13.2. The van der Waals surface area contributed by atoms with Crippen molar-refractivity contribution in [3.8, 4) is 0 Å². The van der Waals surface area contributed by atoms with Gasteiger partial charge in [-0.2, -0.15) is 0 Å². The molecule has 24 heavy (non-hydrogen) atoms. The lowest BCUT2D eigenvalue weighted by Crippen LogP contribution is -2.18. The van der Waals surface area contributed by atoms with Crippen LogP contribution in [0.15, 0.2) is 27.6 Å². The van der Waals surface area contributed by atoms with Crippen LogP contribution in [0.5, 0.6) is 0 Å². The zero-order valence-corrected chi connectivity index (χ0v) is 15.6. The number of nitrogens with one attached hydrogen (secondary N) is 2. The molecule has 6 nitrogen and oxygen atoms in total. The van der Waals surface area contributed by atoms with Gasteiger partial charge in [-0.1, -0.05) is 15.9 Å². The van der Waals surface area contributed by atoms with Crippen molar-refractivity contribution < 1.29 is 22.3 Å². The molecule has 0 amide bonds. The van der Waals surface area contributed by atoms with Gasteiger partial charge in [-0.25, -0.2) is 17.6 Å². The maximum atomic E-state index is 13.9. The van der Waals surface area contributed by atoms with Gasteiger partial charge in [0.15, 0.2) is 0 Å². The first-order valence-corrected chi connectivity index (χ1v) is 9.29. The molecule has 9 heteroatoms. The Morgan fingerprint density at radius 3 is 2.58 bits per heavy atom. The van der Waals surface area contributed by atoms with Crippen LogP contribution in [0, 0.1) is 19.7 Å². The molecule has 0 aliphatic rings. The van der Waals surface area contributed by atoms with Crippen LogP contribution in [0.2, 0.25) is 0 Å². The molecule has 0 radical (unpaired) electrons. The summed E-state index contributed by atoms with van der Waals surface area (Å²) < 4.78 is 46.9.